The van der Waals surface area contributed by atoms with Gasteiger partial charge in [-0.2, -0.15) is 0 Å². The van der Waals surface area contributed by atoms with E-state index in [0.717, 1.165) is 29.6 Å². The quantitative estimate of drug-likeness (QED) is 0.863. The van der Waals surface area contributed by atoms with Crippen molar-refractivity contribution in [2.24, 2.45) is 0 Å². The molecule has 3 nitrogen and oxygen atoms in total. The van der Waals surface area contributed by atoms with Crippen LogP contribution in [0.3, 0.4) is 0 Å². The summed E-state index contributed by atoms with van der Waals surface area (Å²) in [6.07, 6.45) is 5.06. The summed E-state index contributed by atoms with van der Waals surface area (Å²) in [6, 6.07) is 4.20. The first-order valence-electron chi connectivity index (χ1n) is 5.06. The van der Waals surface area contributed by atoms with Gasteiger partial charge in [0.05, 0.1) is 0 Å². The fourth-order valence-corrected chi connectivity index (χ4v) is 2.01. The molecule has 0 amide bonds. The van der Waals surface area contributed by atoms with Gasteiger partial charge in [-0.05, 0) is 48.1 Å². The molecule has 0 atom stereocenters. The van der Waals surface area contributed by atoms with E-state index in [1.54, 1.807) is 0 Å². The zero-order valence-electron chi connectivity index (χ0n) is 8.70. The average Bonchev–Trinajstić information content (AvgIpc) is 2.61. The molecular formula is C11H14BrN3. The Bertz CT molecular complexity index is 450. The first-order valence-corrected chi connectivity index (χ1v) is 5.85. The largest absolute Gasteiger partial charge is 0.332 e. The maximum Gasteiger partial charge on any atom is 0.139 e. The van der Waals surface area contributed by atoms with Crippen molar-refractivity contribution in [2.75, 3.05) is 13.6 Å². The molecular weight excluding hydrogens is 254 g/mol. The van der Waals surface area contributed by atoms with Crippen LogP contribution in [0.1, 0.15) is 6.42 Å². The highest BCUT2D eigenvalue weighted by Crippen LogP contribution is 2.18. The van der Waals surface area contributed by atoms with E-state index in [1.165, 1.54) is 5.39 Å². The van der Waals surface area contributed by atoms with Crippen molar-refractivity contribution >= 4 is 27.0 Å². The van der Waals surface area contributed by atoms with Crippen LogP contribution in [-0.4, -0.2) is 23.1 Å². The summed E-state index contributed by atoms with van der Waals surface area (Å²) in [7, 11) is 1.98. The molecule has 0 spiro atoms. The van der Waals surface area contributed by atoms with E-state index in [9.17, 15) is 0 Å². The molecule has 1 N–H and O–H groups in total. The maximum absolute atomic E-state index is 4.42. The molecule has 0 radical (unpaired) electrons. The van der Waals surface area contributed by atoms with E-state index in [2.05, 4.69) is 49.1 Å². The Morgan fingerprint density at radius 3 is 3.20 bits per heavy atom. The second kappa shape index (κ2) is 4.77. The van der Waals surface area contributed by atoms with E-state index in [0.29, 0.717) is 0 Å². The lowest BCUT2D eigenvalue weighted by atomic mass is 10.3. The lowest BCUT2D eigenvalue weighted by molar-refractivity contribution is 0.624. The molecule has 0 aliphatic heterocycles. The highest BCUT2D eigenvalue weighted by atomic mass is 79.9. The molecule has 2 rings (SSSR count). The summed E-state index contributed by atoms with van der Waals surface area (Å²) >= 11 is 3.42. The topological polar surface area (TPSA) is 29.9 Å². The molecule has 2 heterocycles. The highest BCUT2D eigenvalue weighted by molar-refractivity contribution is 9.10. The molecule has 0 aromatic carbocycles. The summed E-state index contributed by atoms with van der Waals surface area (Å²) in [5.74, 6) is 0. The fraction of sp³-hybridized carbons (Fsp3) is 0.364. The molecule has 2 aromatic heterocycles. The monoisotopic (exact) mass is 267 g/mol. The summed E-state index contributed by atoms with van der Waals surface area (Å²) in [5, 5.41) is 4.33. The molecule has 80 valence electrons. The van der Waals surface area contributed by atoms with Crippen molar-refractivity contribution in [3.05, 3.63) is 29.0 Å². The molecule has 4 heteroatoms. The zero-order chi connectivity index (χ0) is 10.7. The van der Waals surface area contributed by atoms with E-state index in [4.69, 9.17) is 0 Å². The van der Waals surface area contributed by atoms with Crippen molar-refractivity contribution < 1.29 is 0 Å². The van der Waals surface area contributed by atoms with Crippen LogP contribution in [0, 0.1) is 0 Å². The third-order valence-corrected chi connectivity index (χ3v) is 2.83. The zero-order valence-corrected chi connectivity index (χ0v) is 10.3. The van der Waals surface area contributed by atoms with Crippen molar-refractivity contribution in [3.8, 4) is 0 Å². The minimum atomic E-state index is 1.01. The van der Waals surface area contributed by atoms with Crippen molar-refractivity contribution in [1.29, 1.82) is 0 Å². The number of halogens is 1. The van der Waals surface area contributed by atoms with Crippen LogP contribution < -0.4 is 5.32 Å². The van der Waals surface area contributed by atoms with Gasteiger partial charge in [-0.25, -0.2) is 4.98 Å². The number of aryl methyl sites for hydroxylation is 1. The van der Waals surface area contributed by atoms with E-state index in [-0.39, 0.29) is 0 Å². The third-order valence-electron chi connectivity index (χ3n) is 2.39. The molecule has 0 bridgehead atoms. The molecule has 0 unspecified atom stereocenters. The van der Waals surface area contributed by atoms with Crippen LogP contribution in [0.15, 0.2) is 29.0 Å². The Labute approximate surface area is 97.6 Å². The van der Waals surface area contributed by atoms with Crippen molar-refractivity contribution in [3.63, 3.8) is 0 Å². The molecule has 0 saturated heterocycles. The van der Waals surface area contributed by atoms with Gasteiger partial charge < -0.3 is 9.88 Å². The number of aromatic nitrogens is 2. The van der Waals surface area contributed by atoms with Gasteiger partial charge in [0.25, 0.3) is 0 Å². The lowest BCUT2D eigenvalue weighted by Crippen LogP contribution is -2.10. The number of rotatable bonds is 4. The first kappa shape index (κ1) is 10.6. The van der Waals surface area contributed by atoms with Gasteiger partial charge in [-0.3, -0.25) is 0 Å². The minimum absolute atomic E-state index is 1.01. The van der Waals surface area contributed by atoms with E-state index < -0.39 is 0 Å². The summed E-state index contributed by atoms with van der Waals surface area (Å²) in [6.45, 7) is 2.05. The van der Waals surface area contributed by atoms with Gasteiger partial charge in [0, 0.05) is 28.8 Å². The third kappa shape index (κ3) is 2.38. The standard InChI is InChI=1S/C11H14BrN3/c1-13-4-2-5-15-6-3-9-7-10(12)8-14-11(9)15/h3,6-8,13H,2,4-5H2,1H3. The maximum atomic E-state index is 4.42. The average molecular weight is 268 g/mol. The van der Waals surface area contributed by atoms with Gasteiger partial charge in [0.2, 0.25) is 0 Å². The van der Waals surface area contributed by atoms with Crippen LogP contribution in [0.2, 0.25) is 0 Å². The fourth-order valence-electron chi connectivity index (χ4n) is 1.66. The summed E-state index contributed by atoms with van der Waals surface area (Å²) in [5.41, 5.74) is 1.06. The lowest BCUT2D eigenvalue weighted by Gasteiger charge is -2.04. The molecule has 0 fully saturated rings. The molecule has 0 saturated carbocycles. The van der Waals surface area contributed by atoms with Crippen molar-refractivity contribution in [1.82, 2.24) is 14.9 Å². The summed E-state index contributed by atoms with van der Waals surface area (Å²) in [4.78, 5) is 4.42. The smallest absolute Gasteiger partial charge is 0.139 e. The Kier molecular flexibility index (Phi) is 3.38. The molecule has 0 aliphatic carbocycles. The number of hydrogen-bond acceptors (Lipinski definition) is 2. The second-order valence-electron chi connectivity index (χ2n) is 3.53. The number of hydrogen-bond donors (Lipinski definition) is 1. The van der Waals surface area contributed by atoms with Crippen molar-refractivity contribution in [2.45, 2.75) is 13.0 Å². The van der Waals surface area contributed by atoms with Gasteiger partial charge in [0.1, 0.15) is 5.65 Å². The Balaban J connectivity index is 2.21. The SMILES string of the molecule is CNCCCn1ccc2cc(Br)cnc21. The van der Waals surface area contributed by atoms with Crippen LogP contribution in [0.25, 0.3) is 11.0 Å². The Hall–Kier alpha value is -0.870. The van der Waals surface area contributed by atoms with E-state index in [1.807, 2.05) is 13.2 Å². The molecule has 0 aliphatic rings. The highest BCUT2D eigenvalue weighted by Gasteiger charge is 2.01. The summed E-state index contributed by atoms with van der Waals surface area (Å²) < 4.78 is 3.22. The van der Waals surface area contributed by atoms with Gasteiger partial charge in [-0.1, -0.05) is 0 Å². The van der Waals surface area contributed by atoms with Gasteiger partial charge in [-0.15, -0.1) is 0 Å². The number of pyridine rings is 1. The van der Waals surface area contributed by atoms with Crippen LogP contribution in [0.4, 0.5) is 0 Å². The molecule has 2 aromatic rings. The number of nitrogens with one attached hydrogen (secondary N) is 1. The van der Waals surface area contributed by atoms with Crippen LogP contribution in [0.5, 0.6) is 0 Å². The Morgan fingerprint density at radius 2 is 2.40 bits per heavy atom. The van der Waals surface area contributed by atoms with Crippen LogP contribution >= 0.6 is 15.9 Å². The van der Waals surface area contributed by atoms with Gasteiger partial charge >= 0.3 is 0 Å². The van der Waals surface area contributed by atoms with Crippen LogP contribution in [-0.2, 0) is 6.54 Å². The number of fused-ring (bicyclic) bond motifs is 1. The van der Waals surface area contributed by atoms with Gasteiger partial charge in [0.15, 0.2) is 0 Å². The van der Waals surface area contributed by atoms with E-state index >= 15 is 0 Å². The second-order valence-corrected chi connectivity index (χ2v) is 4.45. The minimum Gasteiger partial charge on any atom is -0.332 e. The Morgan fingerprint density at radius 1 is 1.53 bits per heavy atom. The first-order chi connectivity index (χ1) is 7.31. The predicted molar refractivity (Wildman–Crippen MR) is 66.0 cm³/mol. The normalized spacial score (nSPS) is 11.1. The predicted octanol–water partition coefficient (Wildman–Crippen LogP) is 2.41. The molecule has 15 heavy (non-hydrogen) atoms. The number of nitrogens with zero attached hydrogens (tertiary/aromatic N) is 2.